The van der Waals surface area contributed by atoms with Crippen molar-refractivity contribution in [3.8, 4) is 0 Å². The molecule has 2 bridgehead atoms. The van der Waals surface area contributed by atoms with E-state index in [1.165, 1.54) is 0 Å². The highest BCUT2D eigenvalue weighted by molar-refractivity contribution is 5.71. The van der Waals surface area contributed by atoms with Crippen LogP contribution in [0.25, 0.3) is 0 Å². The van der Waals surface area contributed by atoms with Gasteiger partial charge in [0.15, 0.2) is 0 Å². The minimum Gasteiger partial charge on any atom is -0.445 e. The van der Waals surface area contributed by atoms with E-state index in [9.17, 15) is 9.59 Å². The molecule has 1 aromatic carbocycles. The number of rotatable bonds is 3. The summed E-state index contributed by atoms with van der Waals surface area (Å²) >= 11 is 0. The topological polar surface area (TPSA) is 46.6 Å². The summed E-state index contributed by atoms with van der Waals surface area (Å²) < 4.78 is 5.35. The quantitative estimate of drug-likeness (QED) is 0.626. The summed E-state index contributed by atoms with van der Waals surface area (Å²) in [4.78, 5) is 24.9. The number of nitrogens with zero attached hydrogens (tertiary/aromatic N) is 1. The third-order valence-corrected chi connectivity index (χ3v) is 4.00. The number of benzene rings is 1. The van der Waals surface area contributed by atoms with E-state index < -0.39 is 0 Å². The van der Waals surface area contributed by atoms with Gasteiger partial charge in [0, 0.05) is 12.5 Å². The monoisotopic (exact) mass is 271 g/mol. The van der Waals surface area contributed by atoms with Gasteiger partial charge in [-0.1, -0.05) is 42.5 Å². The fourth-order valence-electron chi connectivity index (χ4n) is 2.96. The lowest BCUT2D eigenvalue weighted by molar-refractivity contribution is -0.114. The molecule has 0 aromatic heterocycles. The Balaban J connectivity index is 1.63. The van der Waals surface area contributed by atoms with E-state index in [0.717, 1.165) is 18.3 Å². The maximum absolute atomic E-state index is 12.2. The highest BCUT2D eigenvalue weighted by Gasteiger charge is 2.40. The SMILES string of the molecule is O=C[C@@H]1C[C@H]2C=C[C@@H]1N(C(=O)OCc1ccccc1)C2. The lowest BCUT2D eigenvalue weighted by Gasteiger charge is -2.43. The number of carbonyl (C=O) groups excluding carboxylic acids is 2. The zero-order valence-corrected chi connectivity index (χ0v) is 11.1. The van der Waals surface area contributed by atoms with Crippen molar-refractivity contribution in [2.75, 3.05) is 6.54 Å². The Labute approximate surface area is 118 Å². The Morgan fingerprint density at radius 1 is 1.30 bits per heavy atom. The Bertz CT molecular complexity index is 526. The molecule has 1 saturated heterocycles. The smallest absolute Gasteiger partial charge is 0.410 e. The molecule has 3 aliphatic rings. The van der Waals surface area contributed by atoms with Crippen molar-refractivity contribution >= 4 is 12.4 Å². The average molecular weight is 271 g/mol. The van der Waals surface area contributed by atoms with E-state index in [1.54, 1.807) is 4.90 Å². The van der Waals surface area contributed by atoms with Crippen LogP contribution in [0.3, 0.4) is 0 Å². The first-order chi connectivity index (χ1) is 9.78. The molecule has 0 radical (unpaired) electrons. The Morgan fingerprint density at radius 3 is 2.80 bits per heavy atom. The molecule has 4 nitrogen and oxygen atoms in total. The van der Waals surface area contributed by atoms with Gasteiger partial charge in [-0.3, -0.25) is 0 Å². The Hall–Kier alpha value is -2.10. The summed E-state index contributed by atoms with van der Waals surface area (Å²) in [7, 11) is 0. The predicted molar refractivity (Wildman–Crippen MR) is 73.9 cm³/mol. The van der Waals surface area contributed by atoms with Crippen molar-refractivity contribution in [1.82, 2.24) is 4.90 Å². The van der Waals surface area contributed by atoms with E-state index in [2.05, 4.69) is 6.08 Å². The fourth-order valence-corrected chi connectivity index (χ4v) is 2.96. The fraction of sp³-hybridized carbons (Fsp3) is 0.375. The van der Waals surface area contributed by atoms with Crippen LogP contribution >= 0.6 is 0 Å². The molecule has 0 spiro atoms. The molecule has 3 atom stereocenters. The van der Waals surface area contributed by atoms with Crippen molar-refractivity contribution in [1.29, 1.82) is 0 Å². The van der Waals surface area contributed by atoms with Gasteiger partial charge in [0.1, 0.15) is 12.9 Å². The molecule has 0 N–H and O–H groups in total. The van der Waals surface area contributed by atoms with Gasteiger partial charge in [-0.25, -0.2) is 4.79 Å². The second kappa shape index (κ2) is 5.49. The predicted octanol–water partition coefficient (Wildman–Crippen LogP) is 2.40. The van der Waals surface area contributed by atoms with Crippen LogP contribution in [0.15, 0.2) is 42.5 Å². The van der Waals surface area contributed by atoms with Crippen LogP contribution in [0, 0.1) is 11.8 Å². The second-order valence-corrected chi connectivity index (χ2v) is 5.36. The van der Waals surface area contributed by atoms with Gasteiger partial charge in [0.2, 0.25) is 0 Å². The maximum Gasteiger partial charge on any atom is 0.410 e. The molecule has 1 aromatic rings. The highest BCUT2D eigenvalue weighted by Crippen LogP contribution is 2.33. The van der Waals surface area contributed by atoms with Gasteiger partial charge in [-0.05, 0) is 17.9 Å². The standard InChI is InChI=1S/C16H17NO3/c18-10-14-8-13-6-7-15(14)17(9-13)16(19)20-11-12-4-2-1-3-5-12/h1-7,10,13-15H,8-9,11H2/t13-,14+,15+/m1/s1. The summed E-state index contributed by atoms with van der Waals surface area (Å²) in [5, 5.41) is 0. The summed E-state index contributed by atoms with van der Waals surface area (Å²) in [6, 6.07) is 9.46. The van der Waals surface area contributed by atoms with Gasteiger partial charge in [0.25, 0.3) is 0 Å². The summed E-state index contributed by atoms with van der Waals surface area (Å²) in [5.74, 6) is 0.183. The molecule has 0 saturated carbocycles. The Kier molecular flexibility index (Phi) is 3.54. The molecule has 4 rings (SSSR count). The van der Waals surface area contributed by atoms with E-state index in [0.29, 0.717) is 6.54 Å². The van der Waals surface area contributed by atoms with Gasteiger partial charge in [0.05, 0.1) is 6.04 Å². The van der Waals surface area contributed by atoms with Crippen LogP contribution < -0.4 is 0 Å². The zero-order chi connectivity index (χ0) is 13.9. The number of fused-ring (bicyclic) bond motifs is 2. The molecule has 2 heterocycles. The number of amides is 1. The van der Waals surface area contributed by atoms with Crippen molar-refractivity contribution in [3.63, 3.8) is 0 Å². The highest BCUT2D eigenvalue weighted by atomic mass is 16.6. The third-order valence-electron chi connectivity index (χ3n) is 4.00. The lowest BCUT2D eigenvalue weighted by Crippen LogP contribution is -2.53. The molecule has 0 unspecified atom stereocenters. The van der Waals surface area contributed by atoms with E-state index in [1.807, 2.05) is 36.4 Å². The minimum atomic E-state index is -0.334. The molecule has 2 aliphatic heterocycles. The van der Waals surface area contributed by atoms with Gasteiger partial charge >= 0.3 is 6.09 Å². The van der Waals surface area contributed by atoms with Crippen molar-refractivity contribution in [2.45, 2.75) is 19.1 Å². The van der Waals surface area contributed by atoms with Crippen LogP contribution in [0.2, 0.25) is 0 Å². The van der Waals surface area contributed by atoms with Gasteiger partial charge in [-0.15, -0.1) is 0 Å². The molecule has 4 heteroatoms. The maximum atomic E-state index is 12.2. The lowest BCUT2D eigenvalue weighted by atomic mass is 9.78. The summed E-state index contributed by atoms with van der Waals surface area (Å²) in [5.41, 5.74) is 0.963. The van der Waals surface area contributed by atoms with Crippen molar-refractivity contribution < 1.29 is 14.3 Å². The summed E-state index contributed by atoms with van der Waals surface area (Å²) in [6.07, 6.45) is 5.52. The van der Waals surface area contributed by atoms with Crippen LogP contribution in [0.1, 0.15) is 12.0 Å². The van der Waals surface area contributed by atoms with Gasteiger partial charge in [-0.2, -0.15) is 0 Å². The minimum absolute atomic E-state index is 0.0944. The van der Waals surface area contributed by atoms with Crippen molar-refractivity contribution in [3.05, 3.63) is 48.0 Å². The number of hydrogen-bond donors (Lipinski definition) is 0. The molecule has 1 fully saturated rings. The number of hydrogen-bond acceptors (Lipinski definition) is 3. The first kappa shape index (κ1) is 12.9. The molecule has 104 valence electrons. The van der Waals surface area contributed by atoms with E-state index >= 15 is 0 Å². The molecular weight excluding hydrogens is 254 g/mol. The number of ether oxygens (including phenoxy) is 1. The van der Waals surface area contributed by atoms with E-state index in [-0.39, 0.29) is 30.6 Å². The zero-order valence-electron chi connectivity index (χ0n) is 11.1. The first-order valence-corrected chi connectivity index (χ1v) is 6.89. The average Bonchev–Trinajstić information content (AvgIpc) is 2.53. The molecule has 20 heavy (non-hydrogen) atoms. The van der Waals surface area contributed by atoms with Crippen LogP contribution in [-0.2, 0) is 16.1 Å². The second-order valence-electron chi connectivity index (χ2n) is 5.36. The molecular formula is C16H17NO3. The molecule has 1 amide bonds. The number of piperidine rings is 1. The summed E-state index contributed by atoms with van der Waals surface area (Å²) in [6.45, 7) is 0.919. The van der Waals surface area contributed by atoms with Crippen LogP contribution in [0.5, 0.6) is 0 Å². The van der Waals surface area contributed by atoms with Crippen molar-refractivity contribution in [2.24, 2.45) is 11.8 Å². The first-order valence-electron chi connectivity index (χ1n) is 6.89. The Morgan fingerprint density at radius 2 is 2.10 bits per heavy atom. The number of aldehydes is 1. The van der Waals surface area contributed by atoms with Gasteiger partial charge < -0.3 is 14.4 Å². The largest absolute Gasteiger partial charge is 0.445 e. The van der Waals surface area contributed by atoms with E-state index in [4.69, 9.17) is 4.74 Å². The van der Waals surface area contributed by atoms with Crippen LogP contribution in [-0.4, -0.2) is 29.9 Å². The molecule has 1 aliphatic carbocycles. The normalized spacial score (nSPS) is 27.4. The third kappa shape index (κ3) is 2.46. The van der Waals surface area contributed by atoms with Crippen LogP contribution in [0.4, 0.5) is 4.79 Å². The number of carbonyl (C=O) groups is 2.